The maximum absolute atomic E-state index is 9.84. The lowest BCUT2D eigenvalue weighted by atomic mass is 9.78. The lowest BCUT2D eigenvalue weighted by Crippen LogP contribution is -2.16. The van der Waals surface area contributed by atoms with Crippen LogP contribution in [0.4, 0.5) is 0 Å². The minimum Gasteiger partial charge on any atom is -0.392 e. The van der Waals surface area contributed by atoms with E-state index >= 15 is 0 Å². The van der Waals surface area contributed by atoms with Crippen LogP contribution >= 0.6 is 0 Å². The van der Waals surface area contributed by atoms with Gasteiger partial charge in [-0.25, -0.2) is 0 Å². The number of benzene rings is 2. The molecule has 0 bridgehead atoms. The van der Waals surface area contributed by atoms with Crippen LogP contribution in [-0.4, -0.2) is 15.8 Å². The molecular weight excluding hydrogens is 282 g/mol. The molecule has 0 spiro atoms. The number of aromatic nitrogens is 1. The van der Waals surface area contributed by atoms with E-state index in [0.717, 1.165) is 6.42 Å². The highest BCUT2D eigenvalue weighted by molar-refractivity contribution is 5.73. The summed E-state index contributed by atoms with van der Waals surface area (Å²) in [6.07, 6.45) is 2.80. The molecule has 2 atom stereocenters. The van der Waals surface area contributed by atoms with Crippen molar-refractivity contribution in [3.05, 3.63) is 83.6 Å². The summed E-state index contributed by atoms with van der Waals surface area (Å²) in [5.41, 5.74) is 6.69. The fourth-order valence-electron chi connectivity index (χ4n) is 3.76. The highest BCUT2D eigenvalue weighted by atomic mass is 16.3. The van der Waals surface area contributed by atoms with E-state index in [4.69, 9.17) is 0 Å². The fourth-order valence-corrected chi connectivity index (χ4v) is 3.76. The number of fused-ring (bicyclic) bond motifs is 3. The molecule has 3 aromatic rings. The molecule has 2 heteroatoms. The fraction of sp³-hybridized carbons (Fsp3) is 0.238. The summed E-state index contributed by atoms with van der Waals surface area (Å²) >= 11 is 0. The molecule has 1 aromatic heterocycles. The average Bonchev–Trinajstić information content (AvgIpc) is 2.98. The van der Waals surface area contributed by atoms with Crippen molar-refractivity contribution >= 4 is 0 Å². The highest BCUT2D eigenvalue weighted by Gasteiger charge is 2.28. The second-order valence-electron chi connectivity index (χ2n) is 6.45. The Balaban J connectivity index is 1.89. The molecule has 2 unspecified atom stereocenters. The van der Waals surface area contributed by atoms with E-state index in [-0.39, 0.29) is 6.10 Å². The summed E-state index contributed by atoms with van der Waals surface area (Å²) in [4.78, 5) is 0. The standard InChI is InChI=1S/C21H21NO/c1-15(23)14-22-12-11-19-20(16-7-3-2-4-8-16)13-17-9-5-6-10-18(17)21(19)22/h2-12,15,20,23H,13-14H2,1H3. The van der Waals surface area contributed by atoms with Gasteiger partial charge in [-0.1, -0.05) is 54.6 Å². The van der Waals surface area contributed by atoms with Gasteiger partial charge in [-0.05, 0) is 36.1 Å². The Labute approximate surface area is 137 Å². The van der Waals surface area contributed by atoms with Crippen molar-refractivity contribution in [1.29, 1.82) is 0 Å². The Hall–Kier alpha value is -2.32. The van der Waals surface area contributed by atoms with Crippen LogP contribution in [0.1, 0.15) is 29.5 Å². The van der Waals surface area contributed by atoms with E-state index in [9.17, 15) is 5.11 Å². The van der Waals surface area contributed by atoms with Crippen LogP contribution in [0.25, 0.3) is 11.3 Å². The smallest absolute Gasteiger partial charge is 0.0691 e. The van der Waals surface area contributed by atoms with Crippen LogP contribution in [0.3, 0.4) is 0 Å². The molecule has 1 aliphatic carbocycles. The second-order valence-corrected chi connectivity index (χ2v) is 6.45. The Kier molecular flexibility index (Phi) is 3.55. The first-order valence-electron chi connectivity index (χ1n) is 8.24. The molecule has 1 aliphatic rings. The first-order chi connectivity index (χ1) is 11.2. The molecule has 2 aromatic carbocycles. The van der Waals surface area contributed by atoms with Crippen molar-refractivity contribution in [2.45, 2.75) is 31.9 Å². The Morgan fingerprint density at radius 3 is 2.57 bits per heavy atom. The van der Waals surface area contributed by atoms with Crippen molar-refractivity contribution in [3.8, 4) is 11.3 Å². The second kappa shape index (κ2) is 5.71. The summed E-state index contributed by atoms with van der Waals surface area (Å²) < 4.78 is 2.20. The van der Waals surface area contributed by atoms with Crippen molar-refractivity contribution < 1.29 is 5.11 Å². The molecule has 2 nitrogen and oxygen atoms in total. The maximum Gasteiger partial charge on any atom is 0.0691 e. The highest BCUT2D eigenvalue weighted by Crippen LogP contribution is 2.43. The quantitative estimate of drug-likeness (QED) is 0.770. The molecular formula is C21H21NO. The van der Waals surface area contributed by atoms with Crippen molar-refractivity contribution in [2.75, 3.05) is 0 Å². The van der Waals surface area contributed by atoms with Crippen LogP contribution in [0.15, 0.2) is 66.9 Å². The normalized spacial score (nSPS) is 17.4. The van der Waals surface area contributed by atoms with Gasteiger partial charge in [0.05, 0.1) is 11.8 Å². The van der Waals surface area contributed by atoms with Gasteiger partial charge in [-0.3, -0.25) is 0 Å². The summed E-state index contributed by atoms with van der Waals surface area (Å²) in [6, 6.07) is 21.6. The summed E-state index contributed by atoms with van der Waals surface area (Å²) in [5.74, 6) is 0.386. The number of hydrogen-bond acceptors (Lipinski definition) is 1. The lowest BCUT2D eigenvalue weighted by molar-refractivity contribution is 0.174. The average molecular weight is 303 g/mol. The van der Waals surface area contributed by atoms with Crippen molar-refractivity contribution in [1.82, 2.24) is 4.57 Å². The van der Waals surface area contributed by atoms with Gasteiger partial charge >= 0.3 is 0 Å². The van der Waals surface area contributed by atoms with Crippen molar-refractivity contribution in [2.24, 2.45) is 0 Å². The van der Waals surface area contributed by atoms with E-state index in [1.54, 1.807) is 0 Å². The van der Waals surface area contributed by atoms with Crippen LogP contribution in [-0.2, 0) is 13.0 Å². The van der Waals surface area contributed by atoms with Crippen LogP contribution in [0, 0.1) is 0 Å². The molecule has 0 fully saturated rings. The molecule has 0 radical (unpaired) electrons. The third kappa shape index (κ3) is 2.49. The Morgan fingerprint density at radius 2 is 1.78 bits per heavy atom. The zero-order valence-electron chi connectivity index (χ0n) is 13.3. The van der Waals surface area contributed by atoms with Gasteiger partial charge in [0.25, 0.3) is 0 Å². The van der Waals surface area contributed by atoms with Gasteiger partial charge in [-0.15, -0.1) is 0 Å². The number of aliphatic hydroxyl groups is 1. The molecule has 0 saturated heterocycles. The molecule has 4 rings (SSSR count). The Bertz CT molecular complexity index is 817. The van der Waals surface area contributed by atoms with E-state index in [1.807, 2.05) is 6.92 Å². The van der Waals surface area contributed by atoms with Crippen molar-refractivity contribution in [3.63, 3.8) is 0 Å². The largest absolute Gasteiger partial charge is 0.392 e. The third-order valence-electron chi connectivity index (χ3n) is 4.73. The summed E-state index contributed by atoms with van der Waals surface area (Å²) in [7, 11) is 0. The number of nitrogens with zero attached hydrogens (tertiary/aromatic N) is 1. The van der Waals surface area contributed by atoms with Gasteiger partial charge < -0.3 is 9.67 Å². The minimum absolute atomic E-state index is 0.351. The summed E-state index contributed by atoms with van der Waals surface area (Å²) in [6.45, 7) is 2.47. The molecule has 1 N–H and O–H groups in total. The zero-order valence-corrected chi connectivity index (χ0v) is 13.3. The minimum atomic E-state index is -0.351. The number of aliphatic hydroxyl groups excluding tert-OH is 1. The predicted molar refractivity (Wildman–Crippen MR) is 93.5 cm³/mol. The van der Waals surface area contributed by atoms with Crippen LogP contribution < -0.4 is 0 Å². The summed E-state index contributed by atoms with van der Waals surface area (Å²) in [5, 5.41) is 9.84. The molecule has 0 saturated carbocycles. The van der Waals surface area contributed by atoms with Gasteiger partial charge in [0.2, 0.25) is 0 Å². The van der Waals surface area contributed by atoms with E-state index in [0.29, 0.717) is 12.5 Å². The van der Waals surface area contributed by atoms with Gasteiger partial charge in [0, 0.05) is 24.2 Å². The third-order valence-corrected chi connectivity index (χ3v) is 4.73. The monoisotopic (exact) mass is 303 g/mol. The number of hydrogen-bond donors (Lipinski definition) is 1. The maximum atomic E-state index is 9.84. The zero-order chi connectivity index (χ0) is 15.8. The van der Waals surface area contributed by atoms with Gasteiger partial charge in [0.1, 0.15) is 0 Å². The lowest BCUT2D eigenvalue weighted by Gasteiger charge is -2.27. The first kappa shape index (κ1) is 14.3. The first-order valence-corrected chi connectivity index (χ1v) is 8.24. The van der Waals surface area contributed by atoms with E-state index in [1.165, 1.54) is 27.9 Å². The van der Waals surface area contributed by atoms with Crippen LogP contribution in [0.2, 0.25) is 0 Å². The molecule has 116 valence electrons. The predicted octanol–water partition coefficient (Wildman–Crippen LogP) is 4.22. The van der Waals surface area contributed by atoms with Gasteiger partial charge in [-0.2, -0.15) is 0 Å². The molecule has 1 heterocycles. The molecule has 0 aliphatic heterocycles. The van der Waals surface area contributed by atoms with Gasteiger partial charge in [0.15, 0.2) is 0 Å². The molecule has 0 amide bonds. The SMILES string of the molecule is CC(O)Cn1ccc2c1-c1ccccc1CC2c1ccccc1. The van der Waals surface area contributed by atoms with Crippen LogP contribution in [0.5, 0.6) is 0 Å². The number of rotatable bonds is 3. The topological polar surface area (TPSA) is 25.2 Å². The Morgan fingerprint density at radius 1 is 1.04 bits per heavy atom. The van der Waals surface area contributed by atoms with E-state index < -0.39 is 0 Å². The van der Waals surface area contributed by atoms with E-state index in [2.05, 4.69) is 71.4 Å². The molecule has 23 heavy (non-hydrogen) atoms.